The number of hydrogen-bond acceptors (Lipinski definition) is 5. The molecule has 1 saturated heterocycles. The molecule has 0 saturated carbocycles. The molecule has 7 heteroatoms. The van der Waals surface area contributed by atoms with E-state index in [0.717, 1.165) is 30.0 Å². The summed E-state index contributed by atoms with van der Waals surface area (Å²) in [6.45, 7) is 3.10. The summed E-state index contributed by atoms with van der Waals surface area (Å²) >= 11 is 2.86. The third-order valence-electron chi connectivity index (χ3n) is 3.66. The molecule has 1 N–H and O–H groups in total. The molecule has 0 spiro atoms. The topological polar surface area (TPSA) is 62.3 Å². The van der Waals surface area contributed by atoms with Gasteiger partial charge >= 0.3 is 0 Å². The number of amides is 2. The van der Waals surface area contributed by atoms with Crippen LogP contribution >= 0.6 is 22.7 Å². The van der Waals surface area contributed by atoms with E-state index in [9.17, 15) is 9.59 Å². The monoisotopic (exact) mass is 335 g/mol. The van der Waals surface area contributed by atoms with Crippen molar-refractivity contribution < 1.29 is 9.59 Å². The first kappa shape index (κ1) is 15.2. The number of aromatic nitrogens is 1. The lowest BCUT2D eigenvalue weighted by molar-refractivity contribution is -0.121. The number of anilines is 1. The lowest BCUT2D eigenvalue weighted by Gasteiger charge is -2.31. The molecular weight excluding hydrogens is 318 g/mol. The second kappa shape index (κ2) is 6.58. The van der Waals surface area contributed by atoms with Crippen LogP contribution in [0.4, 0.5) is 5.13 Å². The summed E-state index contributed by atoms with van der Waals surface area (Å²) < 4.78 is 0. The Labute approximate surface area is 137 Å². The maximum atomic E-state index is 12.4. The van der Waals surface area contributed by atoms with Gasteiger partial charge in [0.2, 0.25) is 5.91 Å². The van der Waals surface area contributed by atoms with E-state index in [0.29, 0.717) is 11.7 Å². The largest absolute Gasteiger partial charge is 0.337 e. The van der Waals surface area contributed by atoms with Gasteiger partial charge in [-0.05, 0) is 31.2 Å². The number of thiazole rings is 1. The summed E-state index contributed by atoms with van der Waals surface area (Å²) in [5.41, 5.74) is 0.901. The molecule has 1 aliphatic heterocycles. The Balaban J connectivity index is 1.62. The fourth-order valence-electron chi connectivity index (χ4n) is 2.55. The Hall–Kier alpha value is -1.73. The maximum absolute atomic E-state index is 12.4. The summed E-state index contributed by atoms with van der Waals surface area (Å²) in [5, 5.41) is 7.29. The van der Waals surface area contributed by atoms with Gasteiger partial charge in [-0.1, -0.05) is 6.07 Å². The highest BCUT2D eigenvalue weighted by Crippen LogP contribution is 2.23. The first-order valence-corrected chi connectivity index (χ1v) is 8.95. The predicted molar refractivity (Wildman–Crippen MR) is 88.4 cm³/mol. The highest BCUT2D eigenvalue weighted by atomic mass is 32.1. The van der Waals surface area contributed by atoms with Gasteiger partial charge in [0.05, 0.1) is 16.5 Å². The number of nitrogens with one attached hydrogen (secondary N) is 1. The van der Waals surface area contributed by atoms with Crippen molar-refractivity contribution in [3.8, 4) is 0 Å². The van der Waals surface area contributed by atoms with Crippen LogP contribution in [0.3, 0.4) is 0 Å². The minimum absolute atomic E-state index is 0.0255. The molecule has 5 nitrogen and oxygen atoms in total. The zero-order valence-corrected chi connectivity index (χ0v) is 13.9. The van der Waals surface area contributed by atoms with Crippen molar-refractivity contribution in [3.63, 3.8) is 0 Å². The average molecular weight is 335 g/mol. The second-order valence-corrected chi connectivity index (χ2v) is 7.16. The Kier molecular flexibility index (Phi) is 4.54. The molecule has 0 bridgehead atoms. The molecule has 2 amide bonds. The Bertz CT molecular complexity index is 666. The van der Waals surface area contributed by atoms with Crippen LogP contribution in [-0.2, 0) is 4.79 Å². The van der Waals surface area contributed by atoms with Crippen molar-refractivity contribution in [3.05, 3.63) is 33.5 Å². The number of carbonyl (C=O) groups excluding carboxylic acids is 2. The van der Waals surface area contributed by atoms with Gasteiger partial charge in [-0.25, -0.2) is 4.98 Å². The van der Waals surface area contributed by atoms with E-state index in [2.05, 4.69) is 10.3 Å². The van der Waals surface area contributed by atoms with E-state index in [1.165, 1.54) is 22.7 Å². The second-order valence-electron chi connectivity index (χ2n) is 5.35. The molecule has 1 unspecified atom stereocenters. The smallest absolute Gasteiger partial charge is 0.263 e. The molecule has 1 aliphatic rings. The number of carbonyl (C=O) groups is 2. The van der Waals surface area contributed by atoms with E-state index in [-0.39, 0.29) is 17.7 Å². The summed E-state index contributed by atoms with van der Waals surface area (Å²) in [5.74, 6) is -0.183. The molecule has 3 rings (SSSR count). The average Bonchev–Trinajstić information content (AvgIpc) is 3.18. The van der Waals surface area contributed by atoms with Crippen LogP contribution < -0.4 is 5.32 Å². The molecule has 1 atom stereocenters. The van der Waals surface area contributed by atoms with E-state index in [1.54, 1.807) is 4.90 Å². The van der Waals surface area contributed by atoms with Gasteiger partial charge in [-0.15, -0.1) is 22.7 Å². The fraction of sp³-hybridized carbons (Fsp3) is 0.400. The lowest BCUT2D eigenvalue weighted by atomic mass is 9.97. The van der Waals surface area contributed by atoms with Crippen molar-refractivity contribution in [2.75, 3.05) is 18.4 Å². The lowest BCUT2D eigenvalue weighted by Crippen LogP contribution is -2.43. The van der Waals surface area contributed by atoms with Crippen LogP contribution in [-0.4, -0.2) is 34.8 Å². The maximum Gasteiger partial charge on any atom is 0.263 e. The zero-order valence-electron chi connectivity index (χ0n) is 12.2. The number of hydrogen-bond donors (Lipinski definition) is 1. The van der Waals surface area contributed by atoms with Gasteiger partial charge in [-0.2, -0.15) is 0 Å². The number of aryl methyl sites for hydroxylation is 1. The summed E-state index contributed by atoms with van der Waals surface area (Å²) in [6.07, 6.45) is 1.66. The van der Waals surface area contributed by atoms with E-state index >= 15 is 0 Å². The molecule has 0 aliphatic carbocycles. The quantitative estimate of drug-likeness (QED) is 0.938. The molecule has 2 aromatic heterocycles. The molecule has 0 aromatic carbocycles. The van der Waals surface area contributed by atoms with Crippen molar-refractivity contribution in [2.45, 2.75) is 19.8 Å². The van der Waals surface area contributed by atoms with Crippen molar-refractivity contribution in [2.24, 2.45) is 5.92 Å². The first-order valence-electron chi connectivity index (χ1n) is 7.19. The van der Waals surface area contributed by atoms with Gasteiger partial charge in [0.25, 0.3) is 5.91 Å². The van der Waals surface area contributed by atoms with Crippen LogP contribution in [0.25, 0.3) is 0 Å². The van der Waals surface area contributed by atoms with E-state index in [1.807, 2.05) is 29.8 Å². The number of likely N-dealkylation sites (tertiary alicyclic amines) is 1. The van der Waals surface area contributed by atoms with E-state index < -0.39 is 0 Å². The predicted octanol–water partition coefficient (Wildman–Crippen LogP) is 3.00. The number of thiophene rings is 1. The minimum Gasteiger partial charge on any atom is -0.337 e. The Morgan fingerprint density at radius 3 is 2.95 bits per heavy atom. The number of nitrogens with zero attached hydrogens (tertiary/aromatic N) is 2. The molecule has 1 fully saturated rings. The third-order valence-corrected chi connectivity index (χ3v) is 5.39. The highest BCUT2D eigenvalue weighted by Gasteiger charge is 2.29. The summed E-state index contributed by atoms with van der Waals surface area (Å²) in [4.78, 5) is 31.5. The van der Waals surface area contributed by atoms with Crippen LogP contribution in [0, 0.1) is 12.8 Å². The number of piperidine rings is 1. The fourth-order valence-corrected chi connectivity index (χ4v) is 3.93. The van der Waals surface area contributed by atoms with Crippen molar-refractivity contribution in [1.82, 2.24) is 9.88 Å². The zero-order chi connectivity index (χ0) is 15.5. The molecule has 3 heterocycles. The first-order chi connectivity index (χ1) is 10.6. The molecule has 0 radical (unpaired) electrons. The van der Waals surface area contributed by atoms with Crippen LogP contribution in [0.15, 0.2) is 22.9 Å². The minimum atomic E-state index is -0.165. The Morgan fingerprint density at radius 1 is 1.41 bits per heavy atom. The van der Waals surface area contributed by atoms with Crippen LogP contribution in [0.1, 0.15) is 28.2 Å². The standard InChI is InChI=1S/C15H17N3O2S2/c1-10-9-22-15(16-10)17-13(19)11-4-2-6-18(8-11)14(20)12-5-3-7-21-12/h3,5,7,9,11H,2,4,6,8H2,1H3,(H,16,17,19). The van der Waals surface area contributed by atoms with Gasteiger partial charge in [-0.3, -0.25) is 9.59 Å². The van der Waals surface area contributed by atoms with Crippen molar-refractivity contribution >= 4 is 39.6 Å². The van der Waals surface area contributed by atoms with Gasteiger partial charge in [0.1, 0.15) is 0 Å². The highest BCUT2D eigenvalue weighted by molar-refractivity contribution is 7.14. The van der Waals surface area contributed by atoms with Crippen LogP contribution in [0.2, 0.25) is 0 Å². The molecular formula is C15H17N3O2S2. The summed E-state index contributed by atoms with van der Waals surface area (Å²) in [7, 11) is 0. The van der Waals surface area contributed by atoms with Crippen molar-refractivity contribution in [1.29, 1.82) is 0 Å². The number of rotatable bonds is 3. The SMILES string of the molecule is Cc1csc(NC(=O)C2CCCN(C(=O)c3cccs3)C2)n1. The Morgan fingerprint density at radius 2 is 2.27 bits per heavy atom. The molecule has 2 aromatic rings. The molecule has 22 heavy (non-hydrogen) atoms. The third kappa shape index (κ3) is 3.36. The summed E-state index contributed by atoms with van der Waals surface area (Å²) in [6, 6.07) is 3.70. The van der Waals surface area contributed by atoms with Crippen LogP contribution in [0.5, 0.6) is 0 Å². The normalized spacial score (nSPS) is 18.2. The molecule has 116 valence electrons. The van der Waals surface area contributed by atoms with Gasteiger partial charge < -0.3 is 10.2 Å². The van der Waals surface area contributed by atoms with Gasteiger partial charge in [0, 0.05) is 18.5 Å². The van der Waals surface area contributed by atoms with Gasteiger partial charge in [0.15, 0.2) is 5.13 Å². The van der Waals surface area contributed by atoms with E-state index in [4.69, 9.17) is 0 Å².